The van der Waals surface area contributed by atoms with Crippen LogP contribution in [0.3, 0.4) is 0 Å². The predicted molar refractivity (Wildman–Crippen MR) is 118 cm³/mol. The first kappa shape index (κ1) is 20.2. The molecule has 0 unspecified atom stereocenters. The number of nitrogens with zero attached hydrogens (tertiary/aromatic N) is 1. The number of halogens is 1. The van der Waals surface area contributed by atoms with Crippen LogP contribution >= 0.6 is 11.6 Å². The van der Waals surface area contributed by atoms with Gasteiger partial charge in [-0.05, 0) is 54.8 Å². The number of amides is 2. The molecule has 0 saturated carbocycles. The Morgan fingerprint density at radius 1 is 1.10 bits per heavy atom. The van der Waals surface area contributed by atoms with Crippen LogP contribution in [0.5, 0.6) is 5.75 Å². The smallest absolute Gasteiger partial charge is 0.251 e. The molecule has 1 saturated heterocycles. The fourth-order valence-electron chi connectivity index (χ4n) is 3.65. The van der Waals surface area contributed by atoms with E-state index in [9.17, 15) is 9.59 Å². The number of benzene rings is 2. The van der Waals surface area contributed by atoms with Gasteiger partial charge in [-0.25, -0.2) is 0 Å². The van der Waals surface area contributed by atoms with E-state index in [4.69, 9.17) is 16.3 Å². The van der Waals surface area contributed by atoms with Gasteiger partial charge in [0, 0.05) is 41.4 Å². The molecule has 0 atom stereocenters. The minimum absolute atomic E-state index is 0.0272. The predicted octanol–water partition coefficient (Wildman–Crippen LogP) is 4.09. The Bertz CT molecular complexity index is 993. The highest BCUT2D eigenvalue weighted by Gasteiger charge is 2.23. The number of likely N-dealkylation sites (tertiary alicyclic amines) is 1. The van der Waals surface area contributed by atoms with Crippen molar-refractivity contribution in [2.45, 2.75) is 18.9 Å². The van der Waals surface area contributed by atoms with Gasteiger partial charge >= 0.3 is 0 Å². The number of piperidine rings is 1. The number of fused-ring (bicyclic) bond motifs is 1. The average molecular weight is 423 g/mol. The monoisotopic (exact) mass is 422 g/mol. The van der Waals surface area contributed by atoms with Crippen molar-refractivity contribution >= 4 is 29.5 Å². The highest BCUT2D eigenvalue weighted by molar-refractivity contribution is 6.30. The molecule has 5 nitrogen and oxygen atoms in total. The van der Waals surface area contributed by atoms with Gasteiger partial charge in [0.2, 0.25) is 5.91 Å². The molecule has 2 amide bonds. The summed E-state index contributed by atoms with van der Waals surface area (Å²) in [6.45, 7) is 1.67. The number of ether oxygens (including phenoxy) is 1. The summed E-state index contributed by atoms with van der Waals surface area (Å²) in [5, 5.41) is 3.71. The molecule has 2 aromatic rings. The summed E-state index contributed by atoms with van der Waals surface area (Å²) in [6, 6.07) is 14.8. The Morgan fingerprint density at radius 2 is 1.87 bits per heavy atom. The molecule has 1 fully saturated rings. The summed E-state index contributed by atoms with van der Waals surface area (Å²) in [6.07, 6.45) is 6.87. The van der Waals surface area contributed by atoms with Gasteiger partial charge in [-0.15, -0.1) is 0 Å². The fraction of sp³-hybridized carbons (Fsp3) is 0.250. The molecule has 2 aliphatic rings. The minimum Gasteiger partial charge on any atom is -0.488 e. The van der Waals surface area contributed by atoms with Crippen molar-refractivity contribution in [2.24, 2.45) is 0 Å². The molecule has 1 N–H and O–H groups in total. The summed E-state index contributed by atoms with van der Waals surface area (Å²) >= 11 is 6.04. The molecule has 0 bridgehead atoms. The summed E-state index contributed by atoms with van der Waals surface area (Å²) in [5.41, 5.74) is 2.49. The van der Waals surface area contributed by atoms with Crippen molar-refractivity contribution in [3.05, 3.63) is 82.4 Å². The van der Waals surface area contributed by atoms with Crippen LogP contribution in [-0.2, 0) is 4.79 Å². The third kappa shape index (κ3) is 4.92. The van der Waals surface area contributed by atoms with Gasteiger partial charge in [0.25, 0.3) is 5.91 Å². The lowest BCUT2D eigenvalue weighted by Gasteiger charge is -2.31. The van der Waals surface area contributed by atoms with Crippen molar-refractivity contribution in [2.75, 3.05) is 19.7 Å². The topological polar surface area (TPSA) is 58.6 Å². The standard InChI is InChI=1S/C24H23ClN2O3/c25-20-7-8-22-19(15-20)14-17(16-30-22)6-9-23(28)27-12-10-21(11-13-27)26-24(29)18-4-2-1-3-5-18/h1-9,14-15,21H,10-13,16H2,(H,26,29)/b9-6+. The van der Waals surface area contributed by atoms with Crippen LogP contribution in [0.4, 0.5) is 0 Å². The number of carbonyl (C=O) groups is 2. The highest BCUT2D eigenvalue weighted by atomic mass is 35.5. The second kappa shape index (κ2) is 9.18. The number of hydrogen-bond acceptors (Lipinski definition) is 3. The second-order valence-electron chi connectivity index (χ2n) is 7.46. The van der Waals surface area contributed by atoms with E-state index in [-0.39, 0.29) is 17.9 Å². The van der Waals surface area contributed by atoms with Crippen LogP contribution in [0.1, 0.15) is 28.8 Å². The zero-order valence-corrected chi connectivity index (χ0v) is 17.3. The Labute approximate surface area is 181 Å². The Morgan fingerprint density at radius 3 is 2.63 bits per heavy atom. The number of nitrogens with one attached hydrogen (secondary N) is 1. The van der Waals surface area contributed by atoms with E-state index in [0.717, 1.165) is 29.7 Å². The first-order valence-corrected chi connectivity index (χ1v) is 10.4. The Kier molecular flexibility index (Phi) is 6.19. The van der Waals surface area contributed by atoms with Crippen LogP contribution in [-0.4, -0.2) is 42.5 Å². The van der Waals surface area contributed by atoms with Crippen molar-refractivity contribution in [1.82, 2.24) is 10.2 Å². The molecule has 0 radical (unpaired) electrons. The minimum atomic E-state index is -0.0649. The van der Waals surface area contributed by atoms with Gasteiger partial charge in [0.05, 0.1) is 0 Å². The van der Waals surface area contributed by atoms with Gasteiger partial charge in [0.1, 0.15) is 12.4 Å². The SMILES string of the molecule is O=C(NC1CCN(C(=O)/C=C/C2=Cc3cc(Cl)ccc3OC2)CC1)c1ccccc1. The molecule has 0 spiro atoms. The molecule has 2 heterocycles. The van der Waals surface area contributed by atoms with Gasteiger partial charge in [-0.3, -0.25) is 9.59 Å². The van der Waals surface area contributed by atoms with Crippen LogP contribution in [0.15, 0.2) is 66.3 Å². The van der Waals surface area contributed by atoms with E-state index in [2.05, 4.69) is 5.32 Å². The maximum Gasteiger partial charge on any atom is 0.251 e. The molecular weight excluding hydrogens is 400 g/mol. The van der Waals surface area contributed by atoms with Crippen molar-refractivity contribution in [1.29, 1.82) is 0 Å². The number of carbonyl (C=O) groups excluding carboxylic acids is 2. The number of hydrogen-bond donors (Lipinski definition) is 1. The average Bonchev–Trinajstić information content (AvgIpc) is 2.78. The van der Waals surface area contributed by atoms with Crippen LogP contribution in [0.2, 0.25) is 5.02 Å². The van der Waals surface area contributed by atoms with Gasteiger partial charge in [0.15, 0.2) is 0 Å². The lowest BCUT2D eigenvalue weighted by Crippen LogP contribution is -2.46. The molecule has 30 heavy (non-hydrogen) atoms. The largest absolute Gasteiger partial charge is 0.488 e. The van der Waals surface area contributed by atoms with Gasteiger partial charge < -0.3 is 15.0 Å². The maximum atomic E-state index is 12.6. The third-order valence-corrected chi connectivity index (χ3v) is 5.56. The van der Waals surface area contributed by atoms with Crippen LogP contribution in [0, 0.1) is 0 Å². The van der Waals surface area contributed by atoms with Crippen molar-refractivity contribution < 1.29 is 14.3 Å². The fourth-order valence-corrected chi connectivity index (χ4v) is 3.83. The lowest BCUT2D eigenvalue weighted by molar-refractivity contribution is -0.127. The first-order valence-electron chi connectivity index (χ1n) is 10.0. The first-order chi connectivity index (χ1) is 14.6. The van der Waals surface area contributed by atoms with Crippen molar-refractivity contribution in [3.63, 3.8) is 0 Å². The zero-order valence-electron chi connectivity index (χ0n) is 16.5. The highest BCUT2D eigenvalue weighted by Crippen LogP contribution is 2.29. The summed E-state index contributed by atoms with van der Waals surface area (Å²) < 4.78 is 5.71. The third-order valence-electron chi connectivity index (χ3n) is 5.32. The summed E-state index contributed by atoms with van der Waals surface area (Å²) in [4.78, 5) is 26.7. The van der Waals surface area contributed by atoms with Gasteiger partial charge in [-0.2, -0.15) is 0 Å². The van der Waals surface area contributed by atoms with E-state index in [0.29, 0.717) is 30.3 Å². The molecule has 0 aliphatic carbocycles. The maximum absolute atomic E-state index is 12.6. The van der Waals surface area contributed by atoms with Gasteiger partial charge in [-0.1, -0.05) is 35.9 Å². The second-order valence-corrected chi connectivity index (χ2v) is 7.90. The Hall–Kier alpha value is -3.05. The van der Waals surface area contributed by atoms with E-state index < -0.39 is 0 Å². The molecule has 6 heteroatoms. The van der Waals surface area contributed by atoms with E-state index in [1.165, 1.54) is 0 Å². The molecule has 2 aliphatic heterocycles. The molecule has 4 rings (SSSR count). The van der Waals surface area contributed by atoms with Crippen LogP contribution < -0.4 is 10.1 Å². The van der Waals surface area contributed by atoms with Crippen LogP contribution in [0.25, 0.3) is 6.08 Å². The molecule has 0 aromatic heterocycles. The quantitative estimate of drug-likeness (QED) is 0.755. The zero-order chi connectivity index (χ0) is 20.9. The Balaban J connectivity index is 1.29. The molecular formula is C24H23ClN2O3. The molecule has 2 aromatic carbocycles. The normalized spacial score (nSPS) is 16.6. The lowest BCUT2D eigenvalue weighted by atomic mass is 10.0. The van der Waals surface area contributed by atoms with E-state index in [1.807, 2.05) is 41.3 Å². The summed E-state index contributed by atoms with van der Waals surface area (Å²) in [5.74, 6) is 0.702. The number of rotatable bonds is 4. The van der Waals surface area contributed by atoms with E-state index >= 15 is 0 Å². The summed E-state index contributed by atoms with van der Waals surface area (Å²) in [7, 11) is 0. The van der Waals surface area contributed by atoms with Crippen molar-refractivity contribution in [3.8, 4) is 5.75 Å². The van der Waals surface area contributed by atoms with E-state index in [1.54, 1.807) is 30.4 Å². The molecule has 154 valence electrons.